The van der Waals surface area contributed by atoms with Crippen molar-refractivity contribution >= 4 is 27.5 Å². The first-order valence-corrected chi connectivity index (χ1v) is 13.1. The van der Waals surface area contributed by atoms with E-state index < -0.39 is 10.0 Å². The van der Waals surface area contributed by atoms with Crippen LogP contribution in [0.3, 0.4) is 0 Å². The Kier molecular flexibility index (Phi) is 8.63. The van der Waals surface area contributed by atoms with E-state index in [1.165, 1.54) is 6.42 Å². The summed E-state index contributed by atoms with van der Waals surface area (Å²) < 4.78 is 27.2. The number of carbonyl (C=O) groups excluding carboxylic acids is 2. The van der Waals surface area contributed by atoms with Gasteiger partial charge in [-0.15, -0.1) is 0 Å². The van der Waals surface area contributed by atoms with Gasteiger partial charge >= 0.3 is 0 Å². The van der Waals surface area contributed by atoms with Gasteiger partial charge in [-0.25, -0.2) is 13.1 Å². The van der Waals surface area contributed by atoms with Crippen LogP contribution in [0.2, 0.25) is 0 Å². The van der Waals surface area contributed by atoms with Gasteiger partial charge in [0, 0.05) is 29.8 Å². The van der Waals surface area contributed by atoms with E-state index >= 15 is 0 Å². The van der Waals surface area contributed by atoms with Crippen LogP contribution in [0.15, 0.2) is 48.5 Å². The Morgan fingerprint density at radius 3 is 2.36 bits per heavy atom. The van der Waals surface area contributed by atoms with Gasteiger partial charge in [0.1, 0.15) is 0 Å². The molecule has 3 rings (SSSR count). The van der Waals surface area contributed by atoms with Gasteiger partial charge in [-0.1, -0.05) is 49.6 Å². The molecule has 0 saturated heterocycles. The highest BCUT2D eigenvalue weighted by Crippen LogP contribution is 2.25. The van der Waals surface area contributed by atoms with E-state index in [0.29, 0.717) is 16.8 Å². The number of amides is 2. The second-order valence-electron chi connectivity index (χ2n) is 8.89. The molecular weight excluding hydrogens is 438 g/mol. The Hall–Kier alpha value is -2.71. The van der Waals surface area contributed by atoms with Gasteiger partial charge in [0.2, 0.25) is 15.9 Å². The zero-order chi connectivity index (χ0) is 23.8. The van der Waals surface area contributed by atoms with E-state index in [0.717, 1.165) is 31.2 Å². The van der Waals surface area contributed by atoms with E-state index in [2.05, 4.69) is 15.4 Å². The van der Waals surface area contributed by atoms with Crippen molar-refractivity contribution in [3.05, 3.63) is 65.2 Å². The first kappa shape index (κ1) is 24.9. The summed E-state index contributed by atoms with van der Waals surface area (Å²) in [6.07, 6.45) is 5.16. The number of sulfonamides is 1. The molecule has 0 heterocycles. The molecule has 2 aromatic rings. The molecule has 3 N–H and O–H groups in total. The molecule has 2 amide bonds. The number of carbonyl (C=O) groups is 2. The van der Waals surface area contributed by atoms with Crippen LogP contribution in [0.1, 0.15) is 67.4 Å². The van der Waals surface area contributed by atoms with Crippen LogP contribution in [0.5, 0.6) is 0 Å². The quantitative estimate of drug-likeness (QED) is 0.515. The molecule has 0 bridgehead atoms. The molecule has 7 nitrogen and oxygen atoms in total. The smallest absolute Gasteiger partial charge is 0.251 e. The molecule has 1 saturated carbocycles. The largest absolute Gasteiger partial charge is 0.348 e. The number of rotatable bonds is 9. The summed E-state index contributed by atoms with van der Waals surface area (Å²) in [6.45, 7) is 3.75. The molecular formula is C25H33N3O4S. The van der Waals surface area contributed by atoms with Crippen molar-refractivity contribution in [3.63, 3.8) is 0 Å². The fourth-order valence-corrected chi connectivity index (χ4v) is 5.59. The molecule has 1 aliphatic rings. The molecule has 1 aliphatic carbocycles. The Morgan fingerprint density at radius 1 is 0.970 bits per heavy atom. The van der Waals surface area contributed by atoms with Gasteiger partial charge in [0.15, 0.2) is 0 Å². The summed E-state index contributed by atoms with van der Waals surface area (Å²) in [6, 6.07) is 13.8. The standard InChI is InChI=1S/C25H33N3O4S/c1-18(2)28-33(31,32)17-22-12-7-6-11-21(22)16-26-24(29)20-13-8-14-23(15-20)27-25(30)19-9-4-3-5-10-19/h6-8,11-15,18-19,28H,3-5,9-10,16-17H2,1-2H3,(H,26,29)(H,27,30). The Balaban J connectivity index is 1.62. The third-order valence-electron chi connectivity index (χ3n) is 5.69. The third kappa shape index (κ3) is 7.68. The molecule has 0 spiro atoms. The molecule has 0 aromatic heterocycles. The maximum atomic E-state index is 12.7. The number of hydrogen-bond donors (Lipinski definition) is 3. The summed E-state index contributed by atoms with van der Waals surface area (Å²) in [7, 11) is -3.48. The van der Waals surface area contributed by atoms with E-state index in [4.69, 9.17) is 0 Å². The highest BCUT2D eigenvalue weighted by atomic mass is 32.2. The maximum Gasteiger partial charge on any atom is 0.251 e. The van der Waals surface area contributed by atoms with Crippen molar-refractivity contribution in [1.82, 2.24) is 10.0 Å². The summed E-state index contributed by atoms with van der Waals surface area (Å²) in [5.74, 6) is -0.395. The van der Waals surface area contributed by atoms with E-state index in [1.54, 1.807) is 56.3 Å². The van der Waals surface area contributed by atoms with Crippen LogP contribution in [-0.2, 0) is 27.1 Å². The van der Waals surface area contributed by atoms with Crippen molar-refractivity contribution < 1.29 is 18.0 Å². The summed E-state index contributed by atoms with van der Waals surface area (Å²) >= 11 is 0. The van der Waals surface area contributed by atoms with Gasteiger partial charge in [0.05, 0.1) is 5.75 Å². The lowest BCUT2D eigenvalue weighted by atomic mass is 9.88. The monoisotopic (exact) mass is 471 g/mol. The minimum Gasteiger partial charge on any atom is -0.348 e. The van der Waals surface area contributed by atoms with Gasteiger partial charge < -0.3 is 10.6 Å². The molecule has 2 aromatic carbocycles. The zero-order valence-electron chi connectivity index (χ0n) is 19.3. The summed E-state index contributed by atoms with van der Waals surface area (Å²) in [5, 5.41) is 5.80. The molecule has 0 aliphatic heterocycles. The summed E-state index contributed by atoms with van der Waals surface area (Å²) in [4.78, 5) is 25.3. The highest BCUT2D eigenvalue weighted by Gasteiger charge is 2.21. The number of benzene rings is 2. The lowest BCUT2D eigenvalue weighted by molar-refractivity contribution is -0.120. The third-order valence-corrected chi connectivity index (χ3v) is 7.21. The zero-order valence-corrected chi connectivity index (χ0v) is 20.1. The lowest BCUT2D eigenvalue weighted by Gasteiger charge is -2.20. The highest BCUT2D eigenvalue weighted by molar-refractivity contribution is 7.88. The van der Waals surface area contributed by atoms with Crippen molar-refractivity contribution in [1.29, 1.82) is 0 Å². The summed E-state index contributed by atoms with van der Waals surface area (Å²) in [5.41, 5.74) is 2.41. The topological polar surface area (TPSA) is 104 Å². The molecule has 33 heavy (non-hydrogen) atoms. The number of hydrogen-bond acceptors (Lipinski definition) is 4. The molecule has 0 atom stereocenters. The molecule has 0 unspecified atom stereocenters. The predicted molar refractivity (Wildman–Crippen MR) is 130 cm³/mol. The fraction of sp³-hybridized carbons (Fsp3) is 0.440. The average Bonchev–Trinajstić information content (AvgIpc) is 2.78. The van der Waals surface area contributed by atoms with Crippen molar-refractivity contribution in [3.8, 4) is 0 Å². The molecule has 1 fully saturated rings. The SMILES string of the molecule is CC(C)NS(=O)(=O)Cc1ccccc1CNC(=O)c1cccc(NC(=O)C2CCCCC2)c1. The van der Waals surface area contributed by atoms with E-state index in [9.17, 15) is 18.0 Å². The van der Waals surface area contributed by atoms with Crippen LogP contribution >= 0.6 is 0 Å². The van der Waals surface area contributed by atoms with Crippen LogP contribution in [-0.4, -0.2) is 26.3 Å². The van der Waals surface area contributed by atoms with Crippen LogP contribution in [0.4, 0.5) is 5.69 Å². The van der Waals surface area contributed by atoms with E-state index in [-0.39, 0.29) is 36.1 Å². The second kappa shape index (κ2) is 11.4. The van der Waals surface area contributed by atoms with Gasteiger partial charge in [0.25, 0.3) is 5.91 Å². The van der Waals surface area contributed by atoms with Crippen LogP contribution in [0.25, 0.3) is 0 Å². The lowest BCUT2D eigenvalue weighted by Crippen LogP contribution is -2.32. The minimum atomic E-state index is -3.48. The normalized spacial score (nSPS) is 14.8. The van der Waals surface area contributed by atoms with Crippen molar-refractivity contribution in [2.24, 2.45) is 5.92 Å². The van der Waals surface area contributed by atoms with Crippen LogP contribution in [0, 0.1) is 5.92 Å². The first-order chi connectivity index (χ1) is 15.7. The fourth-order valence-electron chi connectivity index (χ4n) is 4.10. The average molecular weight is 472 g/mol. The Morgan fingerprint density at radius 2 is 1.67 bits per heavy atom. The second-order valence-corrected chi connectivity index (χ2v) is 10.6. The first-order valence-electron chi connectivity index (χ1n) is 11.5. The minimum absolute atomic E-state index is 0.0115. The molecule has 178 valence electrons. The Bertz CT molecular complexity index is 1080. The molecule has 8 heteroatoms. The molecule has 0 radical (unpaired) electrons. The van der Waals surface area contributed by atoms with E-state index in [1.807, 2.05) is 6.07 Å². The van der Waals surface area contributed by atoms with Gasteiger partial charge in [-0.2, -0.15) is 0 Å². The number of anilines is 1. The predicted octanol–water partition coefficient (Wildman–Crippen LogP) is 3.96. The van der Waals surface area contributed by atoms with Gasteiger partial charge in [-0.05, 0) is 56.0 Å². The maximum absolute atomic E-state index is 12.7. The van der Waals surface area contributed by atoms with Gasteiger partial charge in [-0.3, -0.25) is 9.59 Å². The van der Waals surface area contributed by atoms with Crippen LogP contribution < -0.4 is 15.4 Å². The number of nitrogens with one attached hydrogen (secondary N) is 3. The van der Waals surface area contributed by atoms with Crippen molar-refractivity contribution in [2.75, 3.05) is 5.32 Å². The van der Waals surface area contributed by atoms with Crippen molar-refractivity contribution in [2.45, 2.75) is 64.3 Å². The Labute approximate surface area is 196 Å².